The van der Waals surface area contributed by atoms with Gasteiger partial charge < -0.3 is 19.7 Å². The van der Waals surface area contributed by atoms with E-state index in [1.807, 2.05) is 38.1 Å². The van der Waals surface area contributed by atoms with E-state index in [0.717, 1.165) is 15.4 Å². The third-order valence-corrected chi connectivity index (χ3v) is 7.77. The van der Waals surface area contributed by atoms with Gasteiger partial charge in [0.15, 0.2) is 11.5 Å². The molecule has 0 saturated carbocycles. The van der Waals surface area contributed by atoms with Crippen LogP contribution in [0.1, 0.15) is 31.4 Å². The lowest BCUT2D eigenvalue weighted by Gasteiger charge is -2.33. The molecule has 10 heteroatoms. The largest absolute Gasteiger partial charge is 0.486 e. The van der Waals surface area contributed by atoms with Crippen molar-refractivity contribution in [3.63, 3.8) is 0 Å². The third-order valence-electron chi connectivity index (χ3n) is 6.03. The summed E-state index contributed by atoms with van der Waals surface area (Å²) in [4.78, 5) is 27.8. The van der Waals surface area contributed by atoms with Crippen LogP contribution >= 0.6 is 0 Å². The summed E-state index contributed by atoms with van der Waals surface area (Å²) >= 11 is 0. The van der Waals surface area contributed by atoms with Gasteiger partial charge in [-0.25, -0.2) is 8.42 Å². The highest BCUT2D eigenvalue weighted by Gasteiger charge is 2.32. The number of hydrogen-bond donors (Lipinski definition) is 1. The summed E-state index contributed by atoms with van der Waals surface area (Å²) in [5.74, 6) is -0.0357. The van der Waals surface area contributed by atoms with Gasteiger partial charge in [0.05, 0.1) is 11.4 Å². The number of carbonyl (C=O) groups is 2. The Balaban J connectivity index is 1.99. The molecule has 0 fully saturated rings. The van der Waals surface area contributed by atoms with Crippen LogP contribution in [0.25, 0.3) is 0 Å². The maximum atomic E-state index is 13.7. The number of fused-ring (bicyclic) bond motifs is 1. The topological polar surface area (TPSA) is 105 Å². The third kappa shape index (κ3) is 6.05. The average Bonchev–Trinajstić information content (AvgIpc) is 2.87. The van der Waals surface area contributed by atoms with Crippen LogP contribution in [0.5, 0.6) is 11.5 Å². The second-order valence-corrected chi connectivity index (χ2v) is 10.4. The highest BCUT2D eigenvalue weighted by atomic mass is 32.2. The fourth-order valence-electron chi connectivity index (χ4n) is 3.96. The Labute approximate surface area is 207 Å². The summed E-state index contributed by atoms with van der Waals surface area (Å²) in [7, 11) is -2.30. The maximum Gasteiger partial charge on any atom is 0.244 e. The van der Waals surface area contributed by atoms with Crippen LogP contribution in [-0.2, 0) is 26.2 Å². The number of sulfonamides is 1. The quantitative estimate of drug-likeness (QED) is 0.534. The van der Waals surface area contributed by atoms with Gasteiger partial charge >= 0.3 is 0 Å². The number of aryl methyl sites for hydroxylation is 1. The Bertz CT molecular complexity index is 1170. The number of ether oxygens (including phenoxy) is 2. The number of hydrogen-bond acceptors (Lipinski definition) is 6. The highest BCUT2D eigenvalue weighted by Crippen LogP contribution is 2.35. The number of amides is 2. The predicted octanol–water partition coefficient (Wildman–Crippen LogP) is 2.48. The molecule has 9 nitrogen and oxygen atoms in total. The molecule has 2 aromatic rings. The van der Waals surface area contributed by atoms with Gasteiger partial charge in [0.25, 0.3) is 0 Å². The number of anilines is 1. The Kier molecular flexibility index (Phi) is 8.61. The summed E-state index contributed by atoms with van der Waals surface area (Å²) < 4.78 is 38.4. The first kappa shape index (κ1) is 26.3. The van der Waals surface area contributed by atoms with Crippen LogP contribution in [0.15, 0.2) is 42.5 Å². The molecule has 2 amide bonds. The van der Waals surface area contributed by atoms with Gasteiger partial charge in [0.1, 0.15) is 25.8 Å². The lowest BCUT2D eigenvalue weighted by molar-refractivity contribution is -0.140. The van der Waals surface area contributed by atoms with Crippen LogP contribution in [0.2, 0.25) is 0 Å². The molecule has 1 heterocycles. The first-order valence-electron chi connectivity index (χ1n) is 11.7. The van der Waals surface area contributed by atoms with E-state index in [1.54, 1.807) is 18.2 Å². The molecule has 1 aliphatic rings. The summed E-state index contributed by atoms with van der Waals surface area (Å²) in [6.07, 6.45) is 0.377. The van der Waals surface area contributed by atoms with E-state index in [1.165, 1.54) is 18.9 Å². The van der Waals surface area contributed by atoms with E-state index >= 15 is 0 Å². The van der Waals surface area contributed by atoms with Crippen LogP contribution in [-0.4, -0.2) is 63.7 Å². The van der Waals surface area contributed by atoms with Gasteiger partial charge in [-0.2, -0.15) is 0 Å². The monoisotopic (exact) mass is 503 g/mol. The van der Waals surface area contributed by atoms with Crippen LogP contribution in [0.3, 0.4) is 0 Å². The van der Waals surface area contributed by atoms with Gasteiger partial charge in [0.2, 0.25) is 21.8 Å². The average molecular weight is 504 g/mol. The Morgan fingerprint density at radius 3 is 2.37 bits per heavy atom. The minimum Gasteiger partial charge on any atom is -0.486 e. The summed E-state index contributed by atoms with van der Waals surface area (Å²) in [6, 6.07) is 11.6. The van der Waals surface area contributed by atoms with E-state index in [9.17, 15) is 18.0 Å². The molecular weight excluding hydrogens is 470 g/mol. The van der Waals surface area contributed by atoms with Crippen LogP contribution in [0, 0.1) is 6.92 Å². The Hall–Kier alpha value is -3.27. The molecule has 0 aliphatic carbocycles. The lowest BCUT2D eigenvalue weighted by Crippen LogP contribution is -2.52. The SMILES string of the molecule is CC[C@H](C(=O)NC)N(Cc1ccccc1C)C(=O)CN(c1ccc2c(c1)OCCO2)S(=O)(=O)CC. The second kappa shape index (κ2) is 11.4. The molecule has 1 N–H and O–H groups in total. The number of carbonyl (C=O) groups excluding carboxylic acids is 2. The second-order valence-electron chi connectivity index (χ2n) is 8.22. The normalized spacial score (nSPS) is 13.6. The fourth-order valence-corrected chi connectivity index (χ4v) is 5.02. The molecule has 3 rings (SSSR count). The molecule has 1 aliphatic heterocycles. The molecule has 2 aromatic carbocycles. The number of likely N-dealkylation sites (N-methyl/N-ethyl adjacent to an activating group) is 1. The van der Waals surface area contributed by atoms with Crippen LogP contribution < -0.4 is 19.1 Å². The van der Waals surface area contributed by atoms with Crippen molar-refractivity contribution in [1.29, 1.82) is 0 Å². The molecule has 0 aromatic heterocycles. The zero-order chi connectivity index (χ0) is 25.6. The molecule has 1 atom stereocenters. The fraction of sp³-hybridized carbons (Fsp3) is 0.440. The number of nitrogens with one attached hydrogen (secondary N) is 1. The van der Waals surface area contributed by atoms with Crippen molar-refractivity contribution in [3.05, 3.63) is 53.6 Å². The minimum atomic E-state index is -3.82. The van der Waals surface area contributed by atoms with Gasteiger partial charge in [-0.3, -0.25) is 13.9 Å². The summed E-state index contributed by atoms with van der Waals surface area (Å²) in [5, 5.41) is 2.62. The van der Waals surface area contributed by atoms with Crippen LogP contribution in [0.4, 0.5) is 5.69 Å². The van der Waals surface area contributed by atoms with Crippen molar-refractivity contribution in [2.45, 2.75) is 39.8 Å². The molecule has 190 valence electrons. The summed E-state index contributed by atoms with van der Waals surface area (Å²) in [5.41, 5.74) is 2.16. The van der Waals surface area contributed by atoms with Gasteiger partial charge in [0, 0.05) is 19.7 Å². The smallest absolute Gasteiger partial charge is 0.244 e. The zero-order valence-corrected chi connectivity index (χ0v) is 21.4. The van der Waals surface area contributed by atoms with Crippen molar-refractivity contribution < 1.29 is 27.5 Å². The highest BCUT2D eigenvalue weighted by molar-refractivity contribution is 7.92. The van der Waals surface area contributed by atoms with E-state index in [-0.39, 0.29) is 18.2 Å². The molecule has 0 radical (unpaired) electrons. The molecular formula is C25H33N3O6S. The number of benzene rings is 2. The minimum absolute atomic E-state index is 0.179. The van der Waals surface area contributed by atoms with Gasteiger partial charge in [-0.15, -0.1) is 0 Å². The van der Waals surface area contributed by atoms with E-state index in [4.69, 9.17) is 9.47 Å². The molecule has 35 heavy (non-hydrogen) atoms. The van der Waals surface area contributed by atoms with Gasteiger partial charge in [-0.1, -0.05) is 31.2 Å². The predicted molar refractivity (Wildman–Crippen MR) is 134 cm³/mol. The molecule has 0 bridgehead atoms. The van der Waals surface area contributed by atoms with Crippen molar-refractivity contribution >= 4 is 27.5 Å². The summed E-state index contributed by atoms with van der Waals surface area (Å²) in [6.45, 7) is 5.77. The van der Waals surface area contributed by atoms with Crippen molar-refractivity contribution in [1.82, 2.24) is 10.2 Å². The Morgan fingerprint density at radius 1 is 1.06 bits per heavy atom. The molecule has 0 unspecified atom stereocenters. The van der Waals surface area contributed by atoms with Crippen molar-refractivity contribution in [2.24, 2.45) is 0 Å². The maximum absolute atomic E-state index is 13.7. The number of rotatable bonds is 10. The first-order valence-corrected chi connectivity index (χ1v) is 13.3. The van der Waals surface area contributed by atoms with Crippen molar-refractivity contribution in [2.75, 3.05) is 36.9 Å². The molecule has 0 spiro atoms. The van der Waals surface area contributed by atoms with Gasteiger partial charge in [-0.05, 0) is 43.5 Å². The van der Waals surface area contributed by atoms with E-state index in [2.05, 4.69) is 5.32 Å². The number of nitrogens with zero attached hydrogens (tertiary/aromatic N) is 2. The van der Waals surface area contributed by atoms with E-state index in [0.29, 0.717) is 36.8 Å². The lowest BCUT2D eigenvalue weighted by atomic mass is 10.1. The first-order chi connectivity index (χ1) is 16.7. The van der Waals surface area contributed by atoms with Crippen molar-refractivity contribution in [3.8, 4) is 11.5 Å². The molecule has 0 saturated heterocycles. The zero-order valence-electron chi connectivity index (χ0n) is 20.6. The Morgan fingerprint density at radius 2 is 1.74 bits per heavy atom. The standard InChI is InChI=1S/C25H33N3O6S/c1-5-21(25(30)26-4)27(16-19-10-8-7-9-18(19)3)24(29)17-28(35(31,32)6-2)20-11-12-22-23(15-20)34-14-13-33-22/h7-12,15,21H,5-6,13-14,16-17H2,1-4H3,(H,26,30)/t21-/m1/s1. The van der Waals surface area contributed by atoms with E-state index < -0.39 is 28.5 Å².